The van der Waals surface area contributed by atoms with Crippen molar-refractivity contribution in [3.8, 4) is 0 Å². The fourth-order valence-electron chi connectivity index (χ4n) is 2.67. The third-order valence-electron chi connectivity index (χ3n) is 3.85. The molecule has 0 saturated carbocycles. The molecule has 1 aliphatic rings. The maximum absolute atomic E-state index is 12.6. The number of methoxy groups -OCH3 is 1. The molecular formula is C15H20O5S. The molecular weight excluding hydrogens is 292 g/mol. The monoisotopic (exact) mass is 312 g/mol. The molecule has 1 saturated heterocycles. The SMILES string of the molecule is COC(=O)C(CS(=O)(=O)C1CCOC1C)c1ccccc1. The Hall–Kier alpha value is -1.40. The minimum absolute atomic E-state index is 0.248. The molecule has 0 spiro atoms. The first kappa shape index (κ1) is 16.0. The highest BCUT2D eigenvalue weighted by Crippen LogP contribution is 2.27. The zero-order valence-corrected chi connectivity index (χ0v) is 13.0. The minimum atomic E-state index is -3.44. The molecule has 1 fully saturated rings. The molecule has 1 heterocycles. The van der Waals surface area contributed by atoms with Crippen LogP contribution in [0.3, 0.4) is 0 Å². The van der Waals surface area contributed by atoms with Crippen molar-refractivity contribution in [1.82, 2.24) is 0 Å². The van der Waals surface area contributed by atoms with Crippen LogP contribution < -0.4 is 0 Å². The van der Waals surface area contributed by atoms with Crippen LogP contribution >= 0.6 is 0 Å². The van der Waals surface area contributed by atoms with Crippen LogP contribution in [0.4, 0.5) is 0 Å². The van der Waals surface area contributed by atoms with Crippen LogP contribution in [0.1, 0.15) is 24.8 Å². The van der Waals surface area contributed by atoms with E-state index >= 15 is 0 Å². The zero-order chi connectivity index (χ0) is 15.5. The first-order valence-corrected chi connectivity index (χ1v) is 8.63. The van der Waals surface area contributed by atoms with E-state index in [1.807, 2.05) is 6.07 Å². The van der Waals surface area contributed by atoms with E-state index in [4.69, 9.17) is 9.47 Å². The second kappa shape index (κ2) is 6.58. The van der Waals surface area contributed by atoms with Gasteiger partial charge in [-0.05, 0) is 18.9 Å². The number of carbonyl (C=O) groups is 1. The van der Waals surface area contributed by atoms with Gasteiger partial charge in [0, 0.05) is 6.61 Å². The number of sulfone groups is 1. The number of carbonyl (C=O) groups excluding carboxylic acids is 1. The van der Waals surface area contributed by atoms with Gasteiger partial charge in [-0.2, -0.15) is 0 Å². The van der Waals surface area contributed by atoms with Crippen LogP contribution in [0.25, 0.3) is 0 Å². The summed E-state index contributed by atoms with van der Waals surface area (Å²) in [7, 11) is -2.17. The molecule has 0 radical (unpaired) electrons. The van der Waals surface area contributed by atoms with Crippen LogP contribution in [0, 0.1) is 0 Å². The van der Waals surface area contributed by atoms with Gasteiger partial charge in [0.25, 0.3) is 0 Å². The third-order valence-corrected chi connectivity index (χ3v) is 6.19. The van der Waals surface area contributed by atoms with Gasteiger partial charge in [0.05, 0.1) is 30.1 Å². The Kier molecular flexibility index (Phi) is 5.00. The van der Waals surface area contributed by atoms with E-state index in [0.717, 1.165) is 0 Å². The number of ether oxygens (including phenoxy) is 2. The van der Waals surface area contributed by atoms with Crippen LogP contribution in [0.15, 0.2) is 30.3 Å². The Bertz CT molecular complexity index is 581. The fourth-order valence-corrected chi connectivity index (χ4v) is 4.83. The van der Waals surface area contributed by atoms with E-state index in [1.54, 1.807) is 31.2 Å². The molecule has 0 amide bonds. The van der Waals surface area contributed by atoms with Crippen molar-refractivity contribution in [2.24, 2.45) is 0 Å². The van der Waals surface area contributed by atoms with Gasteiger partial charge < -0.3 is 9.47 Å². The number of esters is 1. The number of benzene rings is 1. The molecule has 3 unspecified atom stereocenters. The Morgan fingerprint density at radius 1 is 1.38 bits per heavy atom. The molecule has 0 aliphatic carbocycles. The maximum Gasteiger partial charge on any atom is 0.314 e. The fraction of sp³-hybridized carbons (Fsp3) is 0.533. The van der Waals surface area contributed by atoms with Crippen molar-refractivity contribution in [1.29, 1.82) is 0 Å². The van der Waals surface area contributed by atoms with Crippen molar-refractivity contribution in [3.63, 3.8) is 0 Å². The summed E-state index contributed by atoms with van der Waals surface area (Å²) in [5, 5.41) is -0.548. The van der Waals surface area contributed by atoms with Crippen LogP contribution in [0.2, 0.25) is 0 Å². The lowest BCUT2D eigenvalue weighted by Crippen LogP contribution is -2.34. The van der Waals surface area contributed by atoms with Gasteiger partial charge in [0.15, 0.2) is 9.84 Å². The van der Waals surface area contributed by atoms with E-state index in [0.29, 0.717) is 18.6 Å². The van der Waals surface area contributed by atoms with E-state index in [-0.39, 0.29) is 11.9 Å². The quantitative estimate of drug-likeness (QED) is 0.771. The summed E-state index contributed by atoms with van der Waals surface area (Å²) < 4.78 is 35.2. The molecule has 1 aromatic rings. The molecule has 3 atom stereocenters. The summed E-state index contributed by atoms with van der Waals surface area (Å²) in [6.07, 6.45) is 0.149. The Balaban J connectivity index is 2.25. The Morgan fingerprint density at radius 3 is 2.57 bits per heavy atom. The van der Waals surface area contributed by atoms with Crippen molar-refractivity contribution in [2.45, 2.75) is 30.6 Å². The molecule has 0 N–H and O–H groups in total. The second-order valence-corrected chi connectivity index (χ2v) is 7.48. The van der Waals surface area contributed by atoms with E-state index in [2.05, 4.69) is 0 Å². The highest BCUT2D eigenvalue weighted by molar-refractivity contribution is 7.92. The average molecular weight is 312 g/mol. The average Bonchev–Trinajstić information content (AvgIpc) is 2.92. The summed E-state index contributed by atoms with van der Waals surface area (Å²) in [6.45, 7) is 2.20. The summed E-state index contributed by atoms with van der Waals surface area (Å²) >= 11 is 0. The molecule has 1 aliphatic heterocycles. The first-order valence-electron chi connectivity index (χ1n) is 6.91. The highest BCUT2D eigenvalue weighted by Gasteiger charge is 2.39. The summed E-state index contributed by atoms with van der Waals surface area (Å²) in [5.74, 6) is -1.58. The second-order valence-electron chi connectivity index (χ2n) is 5.22. The predicted molar refractivity (Wildman–Crippen MR) is 78.8 cm³/mol. The molecule has 21 heavy (non-hydrogen) atoms. The van der Waals surface area contributed by atoms with Crippen LogP contribution in [-0.4, -0.2) is 45.2 Å². The van der Waals surface area contributed by atoms with Gasteiger partial charge in [-0.1, -0.05) is 30.3 Å². The Morgan fingerprint density at radius 2 is 2.05 bits per heavy atom. The molecule has 5 nitrogen and oxygen atoms in total. The third kappa shape index (κ3) is 3.63. The van der Waals surface area contributed by atoms with Gasteiger partial charge in [-0.15, -0.1) is 0 Å². The molecule has 0 bridgehead atoms. The summed E-state index contributed by atoms with van der Waals surface area (Å²) in [6, 6.07) is 8.86. The minimum Gasteiger partial charge on any atom is -0.469 e. The van der Waals surface area contributed by atoms with Gasteiger partial charge in [0.1, 0.15) is 0 Å². The highest BCUT2D eigenvalue weighted by atomic mass is 32.2. The van der Waals surface area contributed by atoms with Crippen LogP contribution in [0.5, 0.6) is 0 Å². The van der Waals surface area contributed by atoms with Crippen molar-refractivity contribution in [3.05, 3.63) is 35.9 Å². The van der Waals surface area contributed by atoms with E-state index in [9.17, 15) is 13.2 Å². The first-order chi connectivity index (χ1) is 9.95. The van der Waals surface area contributed by atoms with E-state index in [1.165, 1.54) is 7.11 Å². The topological polar surface area (TPSA) is 69.7 Å². The van der Waals surface area contributed by atoms with Crippen molar-refractivity contribution >= 4 is 15.8 Å². The smallest absolute Gasteiger partial charge is 0.314 e. The van der Waals surface area contributed by atoms with Gasteiger partial charge >= 0.3 is 5.97 Å². The lowest BCUT2D eigenvalue weighted by atomic mass is 10.0. The standard InChI is InChI=1S/C15H20O5S/c1-11-14(8-9-20-11)21(17,18)10-13(15(16)19-2)12-6-4-3-5-7-12/h3-7,11,13-14H,8-10H2,1-2H3. The lowest BCUT2D eigenvalue weighted by Gasteiger charge is -2.20. The lowest BCUT2D eigenvalue weighted by molar-refractivity contribution is -0.141. The number of hydrogen-bond donors (Lipinski definition) is 0. The zero-order valence-electron chi connectivity index (χ0n) is 12.2. The summed E-state index contributed by atoms with van der Waals surface area (Å²) in [4.78, 5) is 12.0. The molecule has 2 rings (SSSR count). The van der Waals surface area contributed by atoms with Crippen molar-refractivity contribution < 1.29 is 22.7 Å². The van der Waals surface area contributed by atoms with Gasteiger partial charge in [0.2, 0.25) is 0 Å². The Labute approximate surface area is 125 Å². The normalized spacial score (nSPS) is 23.7. The number of hydrogen-bond acceptors (Lipinski definition) is 5. The van der Waals surface area contributed by atoms with Crippen LogP contribution in [-0.2, 0) is 24.1 Å². The van der Waals surface area contributed by atoms with Crippen molar-refractivity contribution in [2.75, 3.05) is 19.5 Å². The molecule has 0 aromatic heterocycles. The predicted octanol–water partition coefficient (Wildman–Crippen LogP) is 1.54. The van der Waals surface area contributed by atoms with Gasteiger partial charge in [-0.25, -0.2) is 8.42 Å². The largest absolute Gasteiger partial charge is 0.469 e. The maximum atomic E-state index is 12.6. The summed E-state index contributed by atoms with van der Waals surface area (Å²) in [5.41, 5.74) is 0.652. The molecule has 6 heteroatoms. The van der Waals surface area contributed by atoms with Gasteiger partial charge in [-0.3, -0.25) is 4.79 Å². The van der Waals surface area contributed by atoms with E-state index < -0.39 is 27.0 Å². The number of rotatable bonds is 5. The molecule has 1 aromatic carbocycles. The molecule has 116 valence electrons.